The molecule has 0 heterocycles. The van der Waals surface area contributed by atoms with Crippen molar-refractivity contribution in [2.75, 3.05) is 12.3 Å². The van der Waals surface area contributed by atoms with Crippen LogP contribution in [-0.2, 0) is 24.0 Å². The van der Waals surface area contributed by atoms with Crippen molar-refractivity contribution in [1.29, 1.82) is 0 Å². The van der Waals surface area contributed by atoms with Crippen LogP contribution in [-0.4, -0.2) is 87.5 Å². The largest absolute Gasteiger partial charge is 0.481 e. The molecule has 0 aromatic heterocycles. The number of carbonyl (C=O) groups excluding carboxylic acids is 3. The maximum Gasteiger partial charge on any atom is 0.328 e. The minimum Gasteiger partial charge on any atom is -0.481 e. The zero-order chi connectivity index (χ0) is 24.1. The molecule has 0 spiro atoms. The molecule has 3 amide bonds. The molecule has 0 saturated heterocycles. The van der Waals surface area contributed by atoms with Crippen molar-refractivity contribution < 1.29 is 39.3 Å². The van der Waals surface area contributed by atoms with Gasteiger partial charge in [0.25, 0.3) is 0 Å². The second-order valence-corrected chi connectivity index (χ2v) is 7.22. The van der Waals surface area contributed by atoms with Gasteiger partial charge >= 0.3 is 11.9 Å². The van der Waals surface area contributed by atoms with E-state index in [1.54, 1.807) is 0 Å². The molecular formula is C17H31N5O8S. The van der Waals surface area contributed by atoms with E-state index >= 15 is 0 Å². The smallest absolute Gasteiger partial charge is 0.328 e. The lowest BCUT2D eigenvalue weighted by Crippen LogP contribution is -2.58. The number of rotatable bonds is 15. The molecule has 13 nitrogen and oxygen atoms in total. The first-order chi connectivity index (χ1) is 14.4. The van der Waals surface area contributed by atoms with Crippen molar-refractivity contribution >= 4 is 42.3 Å². The summed E-state index contributed by atoms with van der Waals surface area (Å²) in [5.74, 6) is -5.61. The summed E-state index contributed by atoms with van der Waals surface area (Å²) in [5, 5.41) is 34.2. The molecule has 0 bridgehead atoms. The second-order valence-electron chi connectivity index (χ2n) is 6.86. The number of nitrogens with two attached hydrogens (primary N) is 2. The number of carboxylic acid groups (broad SMARTS) is 2. The normalized spacial score (nSPS) is 15.6. The standard InChI is InChI=1S/C17H31N5O8S/c1-8(23)13(17(29)30)22-16(28)11(6-12(24)25)21-15(27)10(4-2-3-5-18)20-14(26)9(19)7-31/h8-11,13,23,31H,2-7,18-19H2,1H3,(H,20,26)(H,21,27)(H,22,28)(H,24,25)(H,29,30). The number of carbonyl (C=O) groups is 5. The quantitative estimate of drug-likeness (QED) is 0.0865. The highest BCUT2D eigenvalue weighted by Crippen LogP contribution is 2.05. The Morgan fingerprint density at radius 2 is 1.48 bits per heavy atom. The summed E-state index contributed by atoms with van der Waals surface area (Å²) in [5.41, 5.74) is 11.0. The molecule has 31 heavy (non-hydrogen) atoms. The van der Waals surface area contributed by atoms with Crippen LogP contribution in [0.25, 0.3) is 0 Å². The highest BCUT2D eigenvalue weighted by molar-refractivity contribution is 7.80. The van der Waals surface area contributed by atoms with Crippen LogP contribution in [0.3, 0.4) is 0 Å². The Balaban J connectivity index is 5.46. The molecule has 14 heteroatoms. The number of carboxylic acids is 2. The van der Waals surface area contributed by atoms with E-state index in [1.165, 1.54) is 0 Å². The van der Waals surface area contributed by atoms with E-state index in [0.29, 0.717) is 19.4 Å². The molecule has 10 N–H and O–H groups in total. The molecular weight excluding hydrogens is 434 g/mol. The highest BCUT2D eigenvalue weighted by atomic mass is 32.1. The maximum absolute atomic E-state index is 12.7. The SMILES string of the molecule is CC(O)C(NC(=O)C(CC(=O)O)NC(=O)C(CCCCN)NC(=O)C(N)CS)C(=O)O. The van der Waals surface area contributed by atoms with Gasteiger partial charge in [-0.15, -0.1) is 0 Å². The summed E-state index contributed by atoms with van der Waals surface area (Å²) in [6, 6.07) is -5.50. The molecule has 0 saturated carbocycles. The van der Waals surface area contributed by atoms with Crippen LogP contribution < -0.4 is 27.4 Å². The predicted octanol–water partition coefficient (Wildman–Crippen LogP) is -3.23. The Morgan fingerprint density at radius 1 is 0.935 bits per heavy atom. The predicted molar refractivity (Wildman–Crippen MR) is 112 cm³/mol. The van der Waals surface area contributed by atoms with Gasteiger partial charge in [-0.05, 0) is 32.7 Å². The molecule has 178 valence electrons. The Kier molecular flexibility index (Phi) is 13.4. The lowest BCUT2D eigenvalue weighted by Gasteiger charge is -2.25. The van der Waals surface area contributed by atoms with Gasteiger partial charge in [0.15, 0.2) is 6.04 Å². The van der Waals surface area contributed by atoms with Crippen LogP contribution in [0.4, 0.5) is 0 Å². The van der Waals surface area contributed by atoms with Gasteiger partial charge < -0.3 is 42.7 Å². The average molecular weight is 466 g/mol. The van der Waals surface area contributed by atoms with E-state index in [2.05, 4.69) is 23.3 Å². The van der Waals surface area contributed by atoms with Gasteiger partial charge in [-0.25, -0.2) is 4.79 Å². The molecule has 0 fully saturated rings. The average Bonchev–Trinajstić information content (AvgIpc) is 2.68. The second kappa shape index (κ2) is 14.6. The molecule has 0 aliphatic heterocycles. The molecule has 0 radical (unpaired) electrons. The number of hydrogen-bond acceptors (Lipinski definition) is 9. The third-order valence-electron chi connectivity index (χ3n) is 4.17. The van der Waals surface area contributed by atoms with Crippen LogP contribution in [0.15, 0.2) is 0 Å². The van der Waals surface area contributed by atoms with Crippen molar-refractivity contribution in [3.8, 4) is 0 Å². The fraction of sp³-hybridized carbons (Fsp3) is 0.706. The molecule has 0 aliphatic rings. The fourth-order valence-electron chi connectivity index (χ4n) is 2.42. The Hall–Kier alpha value is -2.42. The molecule has 5 unspecified atom stereocenters. The van der Waals surface area contributed by atoms with Gasteiger partial charge in [0, 0.05) is 5.75 Å². The Morgan fingerprint density at radius 3 is 1.94 bits per heavy atom. The number of aliphatic hydroxyl groups is 1. The Labute approximate surface area is 184 Å². The zero-order valence-electron chi connectivity index (χ0n) is 17.1. The number of hydrogen-bond donors (Lipinski definition) is 9. The first kappa shape index (κ1) is 28.6. The van der Waals surface area contributed by atoms with E-state index in [0.717, 1.165) is 6.92 Å². The zero-order valence-corrected chi connectivity index (χ0v) is 18.0. The molecule has 0 aromatic rings. The van der Waals surface area contributed by atoms with Gasteiger partial charge in [-0.3, -0.25) is 19.2 Å². The topological polar surface area (TPSA) is 234 Å². The first-order valence-electron chi connectivity index (χ1n) is 9.54. The van der Waals surface area contributed by atoms with Crippen molar-refractivity contribution in [3.63, 3.8) is 0 Å². The Bertz CT molecular complexity index is 648. The van der Waals surface area contributed by atoms with E-state index in [4.69, 9.17) is 21.7 Å². The summed E-state index contributed by atoms with van der Waals surface area (Å²) < 4.78 is 0. The lowest BCUT2D eigenvalue weighted by molar-refractivity contribution is -0.146. The van der Waals surface area contributed by atoms with Crippen LogP contribution in [0, 0.1) is 0 Å². The number of aliphatic hydroxyl groups excluding tert-OH is 1. The third kappa shape index (κ3) is 11.0. The van der Waals surface area contributed by atoms with E-state index in [9.17, 15) is 29.1 Å². The van der Waals surface area contributed by atoms with Crippen molar-refractivity contribution in [3.05, 3.63) is 0 Å². The summed E-state index contributed by atoms with van der Waals surface area (Å²) in [4.78, 5) is 59.4. The van der Waals surface area contributed by atoms with Crippen molar-refractivity contribution in [2.24, 2.45) is 11.5 Å². The molecule has 0 aliphatic carbocycles. The lowest BCUT2D eigenvalue weighted by atomic mass is 10.1. The summed E-state index contributed by atoms with van der Waals surface area (Å²) >= 11 is 3.91. The van der Waals surface area contributed by atoms with E-state index in [1.807, 2.05) is 5.32 Å². The number of amides is 3. The first-order valence-corrected chi connectivity index (χ1v) is 10.2. The molecule has 5 atom stereocenters. The summed E-state index contributed by atoms with van der Waals surface area (Å²) in [6.07, 6.45) is -1.20. The van der Waals surface area contributed by atoms with E-state index < -0.39 is 66.4 Å². The fourth-order valence-corrected chi connectivity index (χ4v) is 2.59. The van der Waals surface area contributed by atoms with Gasteiger partial charge in [-0.2, -0.15) is 12.6 Å². The molecule has 0 aromatic carbocycles. The maximum atomic E-state index is 12.7. The van der Waals surface area contributed by atoms with Gasteiger partial charge in [-0.1, -0.05) is 0 Å². The van der Waals surface area contributed by atoms with Crippen LogP contribution in [0.2, 0.25) is 0 Å². The highest BCUT2D eigenvalue weighted by Gasteiger charge is 2.32. The minimum atomic E-state index is -1.71. The minimum absolute atomic E-state index is 0.0168. The monoisotopic (exact) mass is 465 g/mol. The summed E-state index contributed by atoms with van der Waals surface area (Å²) in [7, 11) is 0. The van der Waals surface area contributed by atoms with Gasteiger partial charge in [0.2, 0.25) is 17.7 Å². The van der Waals surface area contributed by atoms with Crippen LogP contribution >= 0.6 is 12.6 Å². The van der Waals surface area contributed by atoms with Crippen LogP contribution in [0.1, 0.15) is 32.6 Å². The van der Waals surface area contributed by atoms with Crippen molar-refractivity contribution in [1.82, 2.24) is 16.0 Å². The number of nitrogens with one attached hydrogen (secondary N) is 3. The third-order valence-corrected chi connectivity index (χ3v) is 4.56. The number of thiol groups is 1. The van der Waals surface area contributed by atoms with Crippen LogP contribution in [0.5, 0.6) is 0 Å². The van der Waals surface area contributed by atoms with Gasteiger partial charge in [0.1, 0.15) is 12.1 Å². The van der Waals surface area contributed by atoms with Gasteiger partial charge in [0.05, 0.1) is 18.6 Å². The molecule has 0 rings (SSSR count). The van der Waals surface area contributed by atoms with Crippen molar-refractivity contribution in [2.45, 2.75) is 62.9 Å². The summed E-state index contributed by atoms with van der Waals surface area (Å²) in [6.45, 7) is 1.47. The number of unbranched alkanes of at least 4 members (excludes halogenated alkanes) is 1. The van der Waals surface area contributed by atoms with E-state index in [-0.39, 0.29) is 12.2 Å². The number of aliphatic carboxylic acids is 2.